The van der Waals surface area contributed by atoms with E-state index < -0.39 is 0 Å². The van der Waals surface area contributed by atoms with Crippen LogP contribution in [0.25, 0.3) is 54.9 Å². The summed E-state index contributed by atoms with van der Waals surface area (Å²) in [6.45, 7) is 0. The molecule has 0 unspecified atom stereocenters. The number of anilines is 2. The second-order valence-electron chi connectivity index (χ2n) is 8.73. The lowest BCUT2D eigenvalue weighted by molar-refractivity contribution is 1.57. The van der Waals surface area contributed by atoms with E-state index in [0.717, 1.165) is 44.8 Å². The van der Waals surface area contributed by atoms with Crippen molar-refractivity contribution < 1.29 is 0 Å². The minimum atomic E-state index is 0.745. The maximum Gasteiger partial charge on any atom is 0.0320 e. The van der Waals surface area contributed by atoms with E-state index in [9.17, 15) is 0 Å². The van der Waals surface area contributed by atoms with Crippen molar-refractivity contribution in [3.8, 4) is 33.4 Å². The molecule has 0 aliphatic rings. The highest BCUT2D eigenvalue weighted by Crippen LogP contribution is 2.41. The minimum absolute atomic E-state index is 0.745. The summed E-state index contributed by atoms with van der Waals surface area (Å²) in [6, 6.07) is 42.3. The number of benzene rings is 6. The van der Waals surface area contributed by atoms with E-state index in [1.54, 1.807) is 0 Å². The van der Waals surface area contributed by atoms with Crippen molar-refractivity contribution in [2.45, 2.75) is 0 Å². The molecular weight excluding hydrogens is 412 g/mol. The quantitative estimate of drug-likeness (QED) is 0.275. The highest BCUT2D eigenvalue weighted by atomic mass is 14.5. The fraction of sp³-hybridized carbons (Fsp3) is 0. The standard InChI is InChI=1S/C32H24N2/c33-27-13-15-29(31(19-27)25-11-9-21-5-1-3-7-23(21)17-25)30-16-14-28(34)20-32(30)26-12-10-22-6-2-4-8-24(22)18-26/h1-20H,33-34H2. The molecule has 0 saturated carbocycles. The summed E-state index contributed by atoms with van der Waals surface area (Å²) in [4.78, 5) is 0. The third-order valence-corrected chi connectivity index (χ3v) is 6.50. The molecule has 0 radical (unpaired) electrons. The van der Waals surface area contributed by atoms with Gasteiger partial charge >= 0.3 is 0 Å². The Kier molecular flexibility index (Phi) is 4.78. The lowest BCUT2D eigenvalue weighted by atomic mass is 9.88. The van der Waals surface area contributed by atoms with Gasteiger partial charge in [-0.25, -0.2) is 0 Å². The molecule has 0 saturated heterocycles. The SMILES string of the molecule is Nc1ccc(-c2ccc(N)cc2-c2ccc3ccccc3c2)c(-c2ccc3ccccc3c2)c1. The molecule has 0 atom stereocenters. The third-order valence-electron chi connectivity index (χ3n) is 6.50. The number of rotatable bonds is 3. The van der Waals surface area contributed by atoms with Crippen molar-refractivity contribution >= 4 is 32.9 Å². The first-order valence-corrected chi connectivity index (χ1v) is 11.4. The largest absolute Gasteiger partial charge is 0.399 e. The van der Waals surface area contributed by atoms with Gasteiger partial charge in [0.2, 0.25) is 0 Å². The Morgan fingerprint density at radius 3 is 1.18 bits per heavy atom. The number of hydrogen-bond donors (Lipinski definition) is 2. The molecule has 6 rings (SSSR count). The van der Waals surface area contributed by atoms with Gasteiger partial charge < -0.3 is 11.5 Å². The van der Waals surface area contributed by atoms with Gasteiger partial charge in [-0.05, 0) is 91.3 Å². The molecule has 0 heterocycles. The maximum atomic E-state index is 6.27. The first-order chi connectivity index (χ1) is 16.7. The number of fused-ring (bicyclic) bond motifs is 2. The predicted octanol–water partition coefficient (Wildman–Crippen LogP) is 8.16. The Bertz CT molecular complexity index is 1550. The Hall–Kier alpha value is -4.56. The summed E-state index contributed by atoms with van der Waals surface area (Å²) < 4.78 is 0. The summed E-state index contributed by atoms with van der Waals surface area (Å²) in [5.74, 6) is 0. The molecule has 0 amide bonds. The molecule has 0 aliphatic heterocycles. The van der Waals surface area contributed by atoms with Crippen LogP contribution in [-0.2, 0) is 0 Å². The topological polar surface area (TPSA) is 52.0 Å². The molecule has 34 heavy (non-hydrogen) atoms. The van der Waals surface area contributed by atoms with Crippen LogP contribution in [0, 0.1) is 0 Å². The van der Waals surface area contributed by atoms with Crippen LogP contribution >= 0.6 is 0 Å². The average molecular weight is 437 g/mol. The van der Waals surface area contributed by atoms with Gasteiger partial charge in [0.25, 0.3) is 0 Å². The molecule has 6 aromatic carbocycles. The van der Waals surface area contributed by atoms with Crippen molar-refractivity contribution in [2.75, 3.05) is 11.5 Å². The van der Waals surface area contributed by atoms with Gasteiger partial charge in [0.15, 0.2) is 0 Å². The molecule has 0 spiro atoms. The van der Waals surface area contributed by atoms with Crippen LogP contribution in [0.3, 0.4) is 0 Å². The van der Waals surface area contributed by atoms with Crippen molar-refractivity contribution in [1.82, 2.24) is 0 Å². The zero-order valence-electron chi connectivity index (χ0n) is 18.7. The van der Waals surface area contributed by atoms with Crippen molar-refractivity contribution in [2.24, 2.45) is 0 Å². The Labute approximate surface area is 199 Å². The average Bonchev–Trinajstić information content (AvgIpc) is 2.88. The predicted molar refractivity (Wildman–Crippen MR) is 147 cm³/mol. The number of nitrogens with two attached hydrogens (primary N) is 2. The zero-order chi connectivity index (χ0) is 23.1. The summed E-state index contributed by atoms with van der Waals surface area (Å²) >= 11 is 0. The lowest BCUT2D eigenvalue weighted by Gasteiger charge is -2.17. The van der Waals surface area contributed by atoms with Gasteiger partial charge in [-0.3, -0.25) is 0 Å². The van der Waals surface area contributed by atoms with Gasteiger partial charge in [-0.1, -0.05) is 84.9 Å². The van der Waals surface area contributed by atoms with E-state index in [2.05, 4.69) is 109 Å². The van der Waals surface area contributed by atoms with Gasteiger partial charge in [0.1, 0.15) is 0 Å². The zero-order valence-corrected chi connectivity index (χ0v) is 18.7. The summed E-state index contributed by atoms with van der Waals surface area (Å²) in [7, 11) is 0. The molecule has 0 bridgehead atoms. The summed E-state index contributed by atoms with van der Waals surface area (Å²) in [5, 5.41) is 4.86. The van der Waals surface area contributed by atoms with Gasteiger partial charge in [0, 0.05) is 11.4 Å². The van der Waals surface area contributed by atoms with Crippen molar-refractivity contribution in [1.29, 1.82) is 0 Å². The van der Waals surface area contributed by atoms with Crippen LogP contribution in [0.4, 0.5) is 11.4 Å². The fourth-order valence-corrected chi connectivity index (χ4v) is 4.78. The molecule has 6 aromatic rings. The monoisotopic (exact) mass is 436 g/mol. The maximum absolute atomic E-state index is 6.27. The van der Waals surface area contributed by atoms with E-state index in [1.165, 1.54) is 21.5 Å². The van der Waals surface area contributed by atoms with E-state index in [1.807, 2.05) is 12.1 Å². The first kappa shape index (κ1) is 20.1. The van der Waals surface area contributed by atoms with Gasteiger partial charge in [-0.2, -0.15) is 0 Å². The fourth-order valence-electron chi connectivity index (χ4n) is 4.78. The molecule has 0 aromatic heterocycles. The van der Waals surface area contributed by atoms with Crippen LogP contribution in [0.1, 0.15) is 0 Å². The minimum Gasteiger partial charge on any atom is -0.399 e. The van der Waals surface area contributed by atoms with Crippen molar-refractivity contribution in [3.63, 3.8) is 0 Å². The molecular formula is C32H24N2. The number of hydrogen-bond acceptors (Lipinski definition) is 2. The second kappa shape index (κ2) is 8.09. The van der Waals surface area contributed by atoms with Crippen LogP contribution in [0.5, 0.6) is 0 Å². The normalized spacial score (nSPS) is 11.2. The third kappa shape index (κ3) is 3.56. The summed E-state index contributed by atoms with van der Waals surface area (Å²) in [6.07, 6.45) is 0. The molecule has 0 fully saturated rings. The highest BCUT2D eigenvalue weighted by molar-refractivity contribution is 5.98. The van der Waals surface area contributed by atoms with Crippen LogP contribution in [0.15, 0.2) is 121 Å². The second-order valence-corrected chi connectivity index (χ2v) is 8.73. The molecule has 2 nitrogen and oxygen atoms in total. The Balaban J connectivity index is 1.58. The smallest absolute Gasteiger partial charge is 0.0320 e. The first-order valence-electron chi connectivity index (χ1n) is 11.4. The van der Waals surface area contributed by atoms with E-state index in [0.29, 0.717) is 0 Å². The van der Waals surface area contributed by atoms with Crippen LogP contribution < -0.4 is 11.5 Å². The van der Waals surface area contributed by atoms with Crippen LogP contribution in [-0.4, -0.2) is 0 Å². The van der Waals surface area contributed by atoms with Gasteiger partial charge in [-0.15, -0.1) is 0 Å². The van der Waals surface area contributed by atoms with Crippen LogP contribution in [0.2, 0.25) is 0 Å². The lowest BCUT2D eigenvalue weighted by Crippen LogP contribution is -1.94. The Morgan fingerprint density at radius 1 is 0.324 bits per heavy atom. The molecule has 2 heteroatoms. The molecule has 0 aliphatic carbocycles. The van der Waals surface area contributed by atoms with E-state index in [-0.39, 0.29) is 0 Å². The van der Waals surface area contributed by atoms with E-state index >= 15 is 0 Å². The summed E-state index contributed by atoms with van der Waals surface area (Å²) in [5.41, 5.74) is 20.8. The molecule has 162 valence electrons. The highest BCUT2D eigenvalue weighted by Gasteiger charge is 2.14. The van der Waals surface area contributed by atoms with E-state index in [4.69, 9.17) is 11.5 Å². The van der Waals surface area contributed by atoms with Crippen molar-refractivity contribution in [3.05, 3.63) is 121 Å². The Morgan fingerprint density at radius 2 is 0.735 bits per heavy atom. The molecule has 4 N–H and O–H groups in total. The van der Waals surface area contributed by atoms with Gasteiger partial charge in [0.05, 0.1) is 0 Å². The number of nitrogen functional groups attached to an aromatic ring is 2.